The minimum Gasteiger partial charge on any atom is -0.327 e. The molecule has 0 aliphatic rings. The summed E-state index contributed by atoms with van der Waals surface area (Å²) in [5.41, 5.74) is -1.42. The van der Waals surface area contributed by atoms with Crippen molar-refractivity contribution < 1.29 is 26.4 Å². The Morgan fingerprint density at radius 3 is 2.27 bits per heavy atom. The van der Waals surface area contributed by atoms with Crippen LogP contribution in [0.15, 0.2) is 76.1 Å². The van der Waals surface area contributed by atoms with Crippen molar-refractivity contribution in [3.8, 4) is 0 Å². The number of primary sulfonamides is 1. The van der Waals surface area contributed by atoms with E-state index in [1.165, 1.54) is 41.8 Å². The van der Waals surface area contributed by atoms with Crippen LogP contribution in [0.1, 0.15) is 21.6 Å². The molecule has 172 valence electrons. The number of nitrogens with one attached hydrogen (secondary N) is 2. The average Bonchev–Trinajstić information content (AvgIpc) is 3.23. The lowest BCUT2D eigenvalue weighted by atomic mass is 9.94. The van der Waals surface area contributed by atoms with Gasteiger partial charge in [0.05, 0.1) is 10.6 Å². The van der Waals surface area contributed by atoms with Crippen molar-refractivity contribution >= 4 is 38.5 Å². The Balaban J connectivity index is 2.12. The second-order valence-corrected chi connectivity index (χ2v) is 9.20. The van der Waals surface area contributed by atoms with Crippen LogP contribution in [0, 0.1) is 5.41 Å². The van der Waals surface area contributed by atoms with Crippen LogP contribution in [-0.4, -0.2) is 31.6 Å². The molecule has 0 atom stereocenters. The van der Waals surface area contributed by atoms with Crippen molar-refractivity contribution in [2.75, 3.05) is 5.32 Å². The lowest BCUT2D eigenvalue weighted by Crippen LogP contribution is -2.25. The molecule has 0 spiro atoms. The molecule has 1 heterocycles. The fourth-order valence-corrected chi connectivity index (χ4v) is 4.08. The van der Waals surface area contributed by atoms with Crippen LogP contribution in [0.4, 0.5) is 18.3 Å². The molecular weight excluding hydrogens is 477 g/mol. The highest BCUT2D eigenvalue weighted by molar-refractivity contribution is 7.89. The molecule has 0 amide bonds. The first-order valence-electron chi connectivity index (χ1n) is 9.23. The average molecular weight is 495 g/mol. The molecule has 0 aliphatic carbocycles. The Labute approximate surface area is 191 Å². The molecule has 33 heavy (non-hydrogen) atoms. The number of hydrogen-bond acceptors (Lipinski definition) is 7. The number of anilines is 1. The molecule has 0 unspecified atom stereocenters. The monoisotopic (exact) mass is 494 g/mol. The van der Waals surface area contributed by atoms with Gasteiger partial charge in [-0.2, -0.15) is 13.2 Å². The van der Waals surface area contributed by atoms with Crippen LogP contribution in [0.3, 0.4) is 0 Å². The zero-order valence-corrected chi connectivity index (χ0v) is 18.4. The number of alkyl halides is 3. The van der Waals surface area contributed by atoms with Crippen molar-refractivity contribution in [1.82, 2.24) is 4.98 Å². The van der Waals surface area contributed by atoms with E-state index in [4.69, 9.17) is 10.5 Å². The van der Waals surface area contributed by atoms with Crippen molar-refractivity contribution in [2.24, 2.45) is 5.14 Å². The summed E-state index contributed by atoms with van der Waals surface area (Å²) < 4.78 is 65.4. The SMILES string of the molecule is N=C(/C(Cc1ccc(S(N)(=O)=O)cc1)=C(\Nc1nc(C=O)cs1)C(F)(F)F)c1ccccc1. The highest BCUT2D eigenvalue weighted by atomic mass is 32.2. The smallest absolute Gasteiger partial charge is 0.327 e. The van der Waals surface area contributed by atoms with E-state index in [-0.39, 0.29) is 39.0 Å². The maximum Gasteiger partial charge on any atom is 0.431 e. The van der Waals surface area contributed by atoms with Gasteiger partial charge < -0.3 is 5.32 Å². The number of benzene rings is 2. The topological polar surface area (TPSA) is 126 Å². The number of hydrogen-bond donors (Lipinski definition) is 3. The zero-order chi connectivity index (χ0) is 24.2. The standard InChI is InChI=1S/C21H17F3N4O3S2/c22-21(23,24)19(28-20-27-15(11-29)12-32-20)17(18(25)14-4-2-1-3-5-14)10-13-6-8-16(9-7-13)33(26,30)31/h1-9,11-12,25H,10H2,(H,27,28)(H2,26,30,31)/b19-17-,25-18?. The van der Waals surface area contributed by atoms with E-state index < -0.39 is 21.9 Å². The number of sulfonamides is 1. The van der Waals surface area contributed by atoms with Crippen molar-refractivity contribution in [3.63, 3.8) is 0 Å². The van der Waals surface area contributed by atoms with Gasteiger partial charge in [0.15, 0.2) is 11.4 Å². The van der Waals surface area contributed by atoms with Gasteiger partial charge in [-0.1, -0.05) is 42.5 Å². The number of aldehydes is 1. The number of rotatable bonds is 8. The Hall–Kier alpha value is -3.35. The van der Waals surface area contributed by atoms with Crippen LogP contribution in [0.5, 0.6) is 0 Å². The molecule has 0 fully saturated rings. The molecule has 0 radical (unpaired) electrons. The summed E-state index contributed by atoms with van der Waals surface area (Å²) in [7, 11) is -3.97. The van der Waals surface area contributed by atoms with Gasteiger partial charge in [0.2, 0.25) is 10.0 Å². The van der Waals surface area contributed by atoms with Crippen molar-refractivity contribution in [1.29, 1.82) is 5.41 Å². The lowest BCUT2D eigenvalue weighted by Gasteiger charge is -2.20. The number of allylic oxidation sites excluding steroid dienone is 2. The van der Waals surface area contributed by atoms with Gasteiger partial charge in [-0.25, -0.2) is 18.5 Å². The molecule has 12 heteroatoms. The summed E-state index contributed by atoms with van der Waals surface area (Å²) in [6.45, 7) is 0. The summed E-state index contributed by atoms with van der Waals surface area (Å²) in [5.74, 6) is 0. The molecule has 0 saturated heterocycles. The highest BCUT2D eigenvalue weighted by Gasteiger charge is 2.38. The van der Waals surface area contributed by atoms with E-state index in [1.54, 1.807) is 18.2 Å². The van der Waals surface area contributed by atoms with Crippen LogP contribution in [0.2, 0.25) is 0 Å². The first-order chi connectivity index (χ1) is 15.5. The molecule has 3 rings (SSSR count). The minimum atomic E-state index is -4.88. The Bertz CT molecular complexity index is 1300. The summed E-state index contributed by atoms with van der Waals surface area (Å²) in [5, 5.41) is 17.0. The largest absolute Gasteiger partial charge is 0.431 e. The molecule has 7 nitrogen and oxygen atoms in total. The summed E-state index contributed by atoms with van der Waals surface area (Å²) in [4.78, 5) is 14.5. The zero-order valence-electron chi connectivity index (χ0n) is 16.8. The molecule has 0 bridgehead atoms. The van der Waals surface area contributed by atoms with E-state index in [9.17, 15) is 26.4 Å². The fraction of sp³-hybridized carbons (Fsp3) is 0.0952. The summed E-state index contributed by atoms with van der Waals surface area (Å²) in [6.07, 6.45) is -4.81. The number of halogens is 3. The second kappa shape index (κ2) is 9.65. The van der Waals surface area contributed by atoms with Crippen molar-refractivity contribution in [3.05, 3.63) is 88.1 Å². The highest BCUT2D eigenvalue weighted by Crippen LogP contribution is 2.33. The third-order valence-electron chi connectivity index (χ3n) is 4.46. The number of carbonyl (C=O) groups is 1. The Morgan fingerprint density at radius 1 is 1.12 bits per heavy atom. The first kappa shape index (κ1) is 24.3. The molecule has 4 N–H and O–H groups in total. The maximum atomic E-state index is 14.1. The number of carbonyl (C=O) groups excluding carboxylic acids is 1. The number of thiazole rings is 1. The first-order valence-corrected chi connectivity index (χ1v) is 11.7. The fourth-order valence-electron chi connectivity index (χ4n) is 2.90. The third kappa shape index (κ3) is 6.12. The maximum absolute atomic E-state index is 14.1. The van der Waals surface area contributed by atoms with Gasteiger partial charge in [-0.05, 0) is 23.3 Å². The third-order valence-corrected chi connectivity index (χ3v) is 6.16. The van der Waals surface area contributed by atoms with Crippen LogP contribution >= 0.6 is 11.3 Å². The molecular formula is C21H17F3N4O3S2. The second-order valence-electron chi connectivity index (χ2n) is 6.78. The predicted octanol–water partition coefficient (Wildman–Crippen LogP) is 4.14. The Kier molecular flexibility index (Phi) is 7.10. The Morgan fingerprint density at radius 2 is 1.76 bits per heavy atom. The van der Waals surface area contributed by atoms with Gasteiger partial charge >= 0.3 is 6.18 Å². The number of aromatic nitrogens is 1. The predicted molar refractivity (Wildman–Crippen MR) is 119 cm³/mol. The minimum absolute atomic E-state index is 0.0257. The van der Waals surface area contributed by atoms with Crippen LogP contribution in [-0.2, 0) is 16.4 Å². The van der Waals surface area contributed by atoms with Crippen LogP contribution < -0.4 is 10.5 Å². The van der Waals surface area contributed by atoms with E-state index >= 15 is 0 Å². The molecule has 0 aliphatic heterocycles. The van der Waals surface area contributed by atoms with Gasteiger partial charge in [0.1, 0.15) is 11.4 Å². The van der Waals surface area contributed by atoms with E-state index in [0.717, 1.165) is 11.3 Å². The van der Waals surface area contributed by atoms with Gasteiger partial charge in [0.25, 0.3) is 0 Å². The molecule has 3 aromatic rings. The molecule has 1 aromatic heterocycles. The van der Waals surface area contributed by atoms with Gasteiger partial charge in [-0.3, -0.25) is 10.2 Å². The lowest BCUT2D eigenvalue weighted by molar-refractivity contribution is -0.0908. The quantitative estimate of drug-likeness (QED) is 0.321. The molecule has 2 aromatic carbocycles. The number of nitrogens with two attached hydrogens (primary N) is 1. The summed E-state index contributed by atoms with van der Waals surface area (Å²) >= 11 is 0.816. The van der Waals surface area contributed by atoms with Gasteiger partial charge in [0, 0.05) is 17.4 Å². The van der Waals surface area contributed by atoms with E-state index in [2.05, 4.69) is 10.3 Å². The normalized spacial score (nSPS) is 12.7. The van der Waals surface area contributed by atoms with E-state index in [1.807, 2.05) is 0 Å². The van der Waals surface area contributed by atoms with Gasteiger partial charge in [-0.15, -0.1) is 11.3 Å². The van der Waals surface area contributed by atoms with E-state index in [0.29, 0.717) is 11.8 Å². The number of nitrogens with zero attached hydrogens (tertiary/aromatic N) is 1. The summed E-state index contributed by atoms with van der Waals surface area (Å²) in [6, 6.07) is 12.9. The molecule has 0 saturated carbocycles. The van der Waals surface area contributed by atoms with Crippen molar-refractivity contribution in [2.45, 2.75) is 17.5 Å². The van der Waals surface area contributed by atoms with Crippen LogP contribution in [0.25, 0.3) is 0 Å².